The highest BCUT2D eigenvalue weighted by molar-refractivity contribution is 7.89. The molecule has 1 aromatic carbocycles. The van der Waals surface area contributed by atoms with Gasteiger partial charge in [0.25, 0.3) is 0 Å². The first-order valence-corrected chi connectivity index (χ1v) is 10.7. The van der Waals surface area contributed by atoms with Crippen molar-refractivity contribution < 1.29 is 12.9 Å². The molecule has 0 amide bonds. The predicted molar refractivity (Wildman–Crippen MR) is 97.4 cm³/mol. The molecule has 2 fully saturated rings. The predicted octanol–water partition coefficient (Wildman–Crippen LogP) is 3.04. The second-order valence-electron chi connectivity index (χ2n) is 7.12. The normalized spacial score (nSPS) is 18.8. The molecule has 2 aliphatic rings. The summed E-state index contributed by atoms with van der Waals surface area (Å²) in [6, 6.07) is 5.22. The Kier molecular flexibility index (Phi) is 4.71. The van der Waals surface area contributed by atoms with E-state index < -0.39 is 10.0 Å². The molecule has 1 aromatic heterocycles. The Morgan fingerprint density at radius 3 is 2.73 bits per heavy atom. The van der Waals surface area contributed by atoms with Crippen molar-refractivity contribution in [1.29, 1.82) is 0 Å². The quantitative estimate of drug-likeness (QED) is 0.834. The molecule has 1 saturated heterocycles. The summed E-state index contributed by atoms with van der Waals surface area (Å²) in [5.74, 6) is 1.75. The third kappa shape index (κ3) is 3.61. The van der Waals surface area contributed by atoms with Crippen molar-refractivity contribution in [3.8, 4) is 0 Å². The number of aryl methyl sites for hydroxylation is 1. The van der Waals surface area contributed by atoms with E-state index in [-0.39, 0.29) is 0 Å². The van der Waals surface area contributed by atoms with Gasteiger partial charge in [0.15, 0.2) is 5.82 Å². The minimum atomic E-state index is -3.44. The summed E-state index contributed by atoms with van der Waals surface area (Å²) in [6.07, 6.45) is 5.21. The summed E-state index contributed by atoms with van der Waals surface area (Å²) in [4.78, 5) is 4.73. The number of nitrogens with one attached hydrogen (secondary N) is 1. The van der Waals surface area contributed by atoms with Crippen LogP contribution in [0.15, 0.2) is 27.6 Å². The van der Waals surface area contributed by atoms with Crippen molar-refractivity contribution in [3.63, 3.8) is 0 Å². The number of hydrogen-bond donors (Lipinski definition) is 1. The number of anilines is 1. The lowest BCUT2D eigenvalue weighted by Crippen LogP contribution is -2.35. The van der Waals surface area contributed by atoms with Crippen molar-refractivity contribution in [2.75, 3.05) is 18.4 Å². The summed E-state index contributed by atoms with van der Waals surface area (Å²) >= 11 is 0. The second kappa shape index (κ2) is 7.00. The van der Waals surface area contributed by atoms with Crippen LogP contribution in [0.25, 0.3) is 0 Å². The number of benzene rings is 1. The zero-order chi connectivity index (χ0) is 18.1. The zero-order valence-corrected chi connectivity index (χ0v) is 15.8. The monoisotopic (exact) mass is 376 g/mol. The molecule has 0 spiro atoms. The van der Waals surface area contributed by atoms with E-state index >= 15 is 0 Å². The molecule has 1 aliphatic heterocycles. The average Bonchev–Trinajstić information content (AvgIpc) is 3.40. The van der Waals surface area contributed by atoms with Gasteiger partial charge >= 0.3 is 0 Å². The van der Waals surface area contributed by atoms with Crippen molar-refractivity contribution in [2.24, 2.45) is 0 Å². The molecule has 2 aromatic rings. The SMILES string of the molecule is Cc1ccc(S(=O)(=O)N2CCCCC2)cc1NCc1nc(C2CC2)no1. The number of nitrogens with zero attached hydrogens (tertiary/aromatic N) is 3. The molecule has 26 heavy (non-hydrogen) atoms. The lowest BCUT2D eigenvalue weighted by Gasteiger charge is -2.26. The van der Waals surface area contributed by atoms with Gasteiger partial charge in [0.1, 0.15) is 0 Å². The number of rotatable bonds is 6. The molecule has 2 heterocycles. The maximum atomic E-state index is 12.9. The Morgan fingerprint density at radius 2 is 2.00 bits per heavy atom. The van der Waals surface area contributed by atoms with Crippen LogP contribution < -0.4 is 5.32 Å². The summed E-state index contributed by atoms with van der Waals surface area (Å²) < 4.78 is 32.6. The molecule has 140 valence electrons. The third-order valence-corrected chi connectivity index (χ3v) is 6.91. The van der Waals surface area contributed by atoms with Crippen LogP contribution in [-0.2, 0) is 16.6 Å². The molecule has 7 nitrogen and oxygen atoms in total. The molecule has 1 saturated carbocycles. The van der Waals surface area contributed by atoms with Crippen molar-refractivity contribution in [3.05, 3.63) is 35.5 Å². The fourth-order valence-corrected chi connectivity index (χ4v) is 4.77. The largest absolute Gasteiger partial charge is 0.376 e. The van der Waals surface area contributed by atoms with E-state index in [9.17, 15) is 8.42 Å². The molecule has 0 radical (unpaired) electrons. The Balaban J connectivity index is 1.49. The maximum absolute atomic E-state index is 12.9. The zero-order valence-electron chi connectivity index (χ0n) is 14.9. The maximum Gasteiger partial charge on any atom is 0.245 e. The van der Waals surface area contributed by atoms with Gasteiger partial charge in [0.2, 0.25) is 15.9 Å². The minimum absolute atomic E-state index is 0.330. The number of piperidine rings is 1. The molecule has 0 atom stereocenters. The highest BCUT2D eigenvalue weighted by Gasteiger charge is 2.29. The topological polar surface area (TPSA) is 88.3 Å². The summed E-state index contributed by atoms with van der Waals surface area (Å²) in [7, 11) is -3.44. The van der Waals surface area contributed by atoms with E-state index in [1.54, 1.807) is 16.4 Å². The molecular formula is C18H24N4O3S. The van der Waals surface area contributed by atoms with Crippen LogP contribution in [0.5, 0.6) is 0 Å². The molecule has 4 rings (SSSR count). The van der Waals surface area contributed by atoms with E-state index in [1.807, 2.05) is 13.0 Å². The van der Waals surface area contributed by atoms with E-state index in [4.69, 9.17) is 4.52 Å². The first-order chi connectivity index (χ1) is 12.5. The van der Waals surface area contributed by atoms with Crippen molar-refractivity contribution >= 4 is 15.7 Å². The molecule has 0 unspecified atom stereocenters. The van der Waals surface area contributed by atoms with Gasteiger partial charge in [0, 0.05) is 24.7 Å². The van der Waals surface area contributed by atoms with Gasteiger partial charge in [-0.25, -0.2) is 8.42 Å². The standard InChI is InChI=1S/C18H24N4O3S/c1-13-5-8-15(26(23,24)22-9-3-2-4-10-22)11-16(13)19-12-17-20-18(21-25-17)14-6-7-14/h5,8,11,14,19H,2-4,6-7,9-10,12H2,1H3. The Labute approximate surface area is 153 Å². The molecule has 8 heteroatoms. The van der Waals surface area contributed by atoms with Gasteiger partial charge in [-0.15, -0.1) is 0 Å². The lowest BCUT2D eigenvalue weighted by atomic mass is 10.2. The minimum Gasteiger partial charge on any atom is -0.376 e. The molecule has 1 aliphatic carbocycles. The van der Waals surface area contributed by atoms with Crippen molar-refractivity contribution in [2.45, 2.75) is 56.4 Å². The van der Waals surface area contributed by atoms with Gasteiger partial charge in [-0.05, 0) is 50.3 Å². The molecular weight excluding hydrogens is 352 g/mol. The van der Waals surface area contributed by atoms with Gasteiger partial charge in [-0.2, -0.15) is 9.29 Å². The fourth-order valence-electron chi connectivity index (χ4n) is 3.22. The van der Waals surface area contributed by atoms with Crippen LogP contribution in [0, 0.1) is 6.92 Å². The van der Waals surface area contributed by atoms with E-state index in [1.165, 1.54) is 0 Å². The van der Waals surface area contributed by atoms with Crippen LogP contribution in [0.3, 0.4) is 0 Å². The highest BCUT2D eigenvalue weighted by Crippen LogP contribution is 2.38. The lowest BCUT2D eigenvalue weighted by molar-refractivity contribution is 0.346. The van der Waals surface area contributed by atoms with Gasteiger partial charge in [-0.1, -0.05) is 17.6 Å². The molecule has 0 bridgehead atoms. The van der Waals surface area contributed by atoms with Crippen LogP contribution in [0.2, 0.25) is 0 Å². The van der Waals surface area contributed by atoms with E-state index in [2.05, 4.69) is 15.5 Å². The smallest absolute Gasteiger partial charge is 0.245 e. The van der Waals surface area contributed by atoms with Gasteiger partial charge < -0.3 is 9.84 Å². The summed E-state index contributed by atoms with van der Waals surface area (Å²) in [5.41, 5.74) is 1.75. The number of aromatic nitrogens is 2. The average molecular weight is 376 g/mol. The van der Waals surface area contributed by atoms with Crippen LogP contribution in [0.4, 0.5) is 5.69 Å². The Morgan fingerprint density at radius 1 is 1.23 bits per heavy atom. The first kappa shape index (κ1) is 17.5. The van der Waals surface area contributed by atoms with Crippen LogP contribution >= 0.6 is 0 Å². The summed E-state index contributed by atoms with van der Waals surface area (Å²) in [6.45, 7) is 3.53. The van der Waals surface area contributed by atoms with Crippen LogP contribution in [-0.4, -0.2) is 36.0 Å². The second-order valence-corrected chi connectivity index (χ2v) is 9.05. The Hall–Kier alpha value is -1.93. The number of hydrogen-bond acceptors (Lipinski definition) is 6. The van der Waals surface area contributed by atoms with Crippen molar-refractivity contribution in [1.82, 2.24) is 14.4 Å². The number of sulfonamides is 1. The van der Waals surface area contributed by atoms with Gasteiger partial charge in [0.05, 0.1) is 11.4 Å². The summed E-state index contributed by atoms with van der Waals surface area (Å²) in [5, 5.41) is 7.24. The third-order valence-electron chi connectivity index (χ3n) is 5.02. The van der Waals surface area contributed by atoms with Gasteiger partial charge in [-0.3, -0.25) is 0 Å². The fraction of sp³-hybridized carbons (Fsp3) is 0.556. The molecule has 1 N–H and O–H groups in total. The van der Waals surface area contributed by atoms with Crippen LogP contribution in [0.1, 0.15) is 55.3 Å². The first-order valence-electron chi connectivity index (χ1n) is 9.21. The van der Waals surface area contributed by atoms with E-state index in [0.717, 1.165) is 49.2 Å². The Bertz CT molecular complexity index is 884. The van der Waals surface area contributed by atoms with E-state index in [0.29, 0.717) is 36.3 Å². The highest BCUT2D eigenvalue weighted by atomic mass is 32.2.